The number of nitrogens with zero attached hydrogens (tertiary/aromatic N) is 3. The average Bonchev–Trinajstić information content (AvgIpc) is 3.20. The largest absolute Gasteiger partial charge is 0.460 e. The van der Waals surface area contributed by atoms with Crippen LogP contribution in [0.2, 0.25) is 0 Å². The zero-order valence-corrected chi connectivity index (χ0v) is 32.6. The molecule has 0 saturated carbocycles. The Balaban J connectivity index is 3.59. The van der Waals surface area contributed by atoms with Gasteiger partial charge in [0.1, 0.15) is 56.3 Å². The van der Waals surface area contributed by atoms with Crippen LogP contribution < -0.4 is 30.2 Å². The standard InChI is InChI=1S/C36H42N6O18/c1-10-22(43)52-16-34(7,17-53-23(44)11-2)40-31(49)58-28-37-29(59-32(50)41-35(8,18-54-24(45)12-3)19-55-25(46)13-4)39-30(38-28)60-33(51)42-36(9,20-56-26(47)14-5)21-57-27(48)15-6/h10-15H,1-6,16-21H2,7-9H3,(H,40,49)(H,41,50)(H,42,51). The molecule has 3 amide bonds. The molecule has 1 rings (SSSR count). The van der Waals surface area contributed by atoms with Crippen molar-refractivity contribution in [1.82, 2.24) is 30.9 Å². The summed E-state index contributed by atoms with van der Waals surface area (Å²) in [5.41, 5.74) is -5.07. The van der Waals surface area contributed by atoms with E-state index in [4.69, 9.17) is 42.6 Å². The van der Waals surface area contributed by atoms with Crippen molar-refractivity contribution < 1.29 is 85.8 Å². The van der Waals surface area contributed by atoms with E-state index in [0.29, 0.717) is 0 Å². The lowest BCUT2D eigenvalue weighted by atomic mass is 10.1. The number of aromatic nitrogens is 3. The third-order valence-corrected chi connectivity index (χ3v) is 6.54. The second kappa shape index (κ2) is 24.0. The number of hydrogen-bond donors (Lipinski definition) is 3. The van der Waals surface area contributed by atoms with E-state index in [-0.39, 0.29) is 0 Å². The first-order valence-corrected chi connectivity index (χ1v) is 16.7. The van der Waals surface area contributed by atoms with Crippen LogP contribution in [0, 0.1) is 0 Å². The molecule has 0 bridgehead atoms. The summed E-state index contributed by atoms with van der Waals surface area (Å²) in [6, 6.07) is -3.06. The highest BCUT2D eigenvalue weighted by Crippen LogP contribution is 2.18. The van der Waals surface area contributed by atoms with Gasteiger partial charge in [0.2, 0.25) is 0 Å². The van der Waals surface area contributed by atoms with Crippen LogP contribution >= 0.6 is 0 Å². The zero-order chi connectivity index (χ0) is 45.5. The summed E-state index contributed by atoms with van der Waals surface area (Å²) in [4.78, 5) is 121. The van der Waals surface area contributed by atoms with Crippen molar-refractivity contribution in [3.05, 3.63) is 75.9 Å². The van der Waals surface area contributed by atoms with Gasteiger partial charge >= 0.3 is 72.1 Å². The van der Waals surface area contributed by atoms with Crippen molar-refractivity contribution in [3.63, 3.8) is 0 Å². The van der Waals surface area contributed by atoms with E-state index < -0.39 is 128 Å². The molecule has 24 heteroatoms. The smallest absolute Gasteiger partial charge is 0.415 e. The number of carbonyl (C=O) groups excluding carboxylic acids is 9. The third kappa shape index (κ3) is 19.3. The van der Waals surface area contributed by atoms with Gasteiger partial charge in [-0.25, -0.2) is 43.2 Å². The van der Waals surface area contributed by atoms with E-state index in [1.54, 1.807) is 0 Å². The van der Waals surface area contributed by atoms with Crippen LogP contribution in [0.4, 0.5) is 14.4 Å². The van der Waals surface area contributed by atoms with Crippen LogP contribution in [0.1, 0.15) is 20.8 Å². The lowest BCUT2D eigenvalue weighted by molar-refractivity contribution is -0.145. The minimum Gasteiger partial charge on any atom is -0.460 e. The van der Waals surface area contributed by atoms with Crippen molar-refractivity contribution in [1.29, 1.82) is 0 Å². The average molecular weight is 847 g/mol. The predicted molar refractivity (Wildman–Crippen MR) is 199 cm³/mol. The molecule has 324 valence electrons. The number of hydrogen-bond acceptors (Lipinski definition) is 21. The second-order valence-electron chi connectivity index (χ2n) is 12.3. The van der Waals surface area contributed by atoms with Crippen molar-refractivity contribution >= 4 is 54.1 Å². The molecule has 0 radical (unpaired) electrons. The van der Waals surface area contributed by atoms with Crippen molar-refractivity contribution in [2.24, 2.45) is 0 Å². The first-order chi connectivity index (χ1) is 28.1. The molecule has 0 atom stereocenters. The molecule has 60 heavy (non-hydrogen) atoms. The van der Waals surface area contributed by atoms with Crippen LogP contribution in [0.5, 0.6) is 18.0 Å². The van der Waals surface area contributed by atoms with Crippen LogP contribution in [0.25, 0.3) is 0 Å². The maximum absolute atomic E-state index is 13.1. The van der Waals surface area contributed by atoms with Gasteiger partial charge in [-0.05, 0) is 20.8 Å². The zero-order valence-electron chi connectivity index (χ0n) is 32.6. The number of carbonyl (C=O) groups is 9. The Morgan fingerprint density at radius 1 is 0.400 bits per heavy atom. The van der Waals surface area contributed by atoms with Crippen LogP contribution in [-0.4, -0.2) is 125 Å². The minimum atomic E-state index is -1.69. The van der Waals surface area contributed by atoms with Gasteiger partial charge in [-0.3, -0.25) is 0 Å². The quantitative estimate of drug-likeness (QED) is 0.0735. The van der Waals surface area contributed by atoms with Gasteiger partial charge in [0.15, 0.2) is 0 Å². The van der Waals surface area contributed by atoms with E-state index >= 15 is 0 Å². The molecule has 1 aromatic rings. The van der Waals surface area contributed by atoms with Crippen molar-refractivity contribution in [3.8, 4) is 18.0 Å². The summed E-state index contributed by atoms with van der Waals surface area (Å²) >= 11 is 0. The molecule has 1 heterocycles. The molecule has 1 aromatic heterocycles. The van der Waals surface area contributed by atoms with Gasteiger partial charge in [0, 0.05) is 36.5 Å². The Hall–Kier alpha value is -7.92. The molecular formula is C36H42N6O18. The molecule has 0 saturated heterocycles. The lowest BCUT2D eigenvalue weighted by Gasteiger charge is -2.29. The van der Waals surface area contributed by atoms with E-state index in [1.807, 2.05) is 0 Å². The Morgan fingerprint density at radius 3 is 0.717 bits per heavy atom. The topological polar surface area (TPSA) is 311 Å². The fourth-order valence-corrected chi connectivity index (χ4v) is 3.60. The van der Waals surface area contributed by atoms with E-state index in [1.165, 1.54) is 20.8 Å². The normalized spacial score (nSPS) is 10.7. The Labute approximate surface area is 341 Å². The van der Waals surface area contributed by atoms with Gasteiger partial charge < -0.3 is 58.6 Å². The summed E-state index contributed by atoms with van der Waals surface area (Å²) in [6.45, 7) is 19.7. The van der Waals surface area contributed by atoms with Crippen molar-refractivity contribution in [2.45, 2.75) is 37.4 Å². The van der Waals surface area contributed by atoms with Gasteiger partial charge in [0.05, 0.1) is 0 Å². The highest BCUT2D eigenvalue weighted by atomic mass is 16.6. The maximum Gasteiger partial charge on any atom is 0.415 e. The summed E-state index contributed by atoms with van der Waals surface area (Å²) in [5.74, 6) is -5.46. The van der Waals surface area contributed by atoms with Gasteiger partial charge in [-0.1, -0.05) is 39.5 Å². The van der Waals surface area contributed by atoms with Crippen LogP contribution in [0.3, 0.4) is 0 Å². The molecular weight excluding hydrogens is 804 g/mol. The number of esters is 6. The molecule has 0 aliphatic carbocycles. The minimum absolute atomic E-state index is 0.608. The molecule has 24 nitrogen and oxygen atoms in total. The molecule has 0 fully saturated rings. The summed E-state index contributed by atoms with van der Waals surface area (Å²) in [7, 11) is 0. The number of amides is 3. The first-order valence-electron chi connectivity index (χ1n) is 16.7. The summed E-state index contributed by atoms with van der Waals surface area (Å²) in [5, 5.41) is 6.83. The number of rotatable bonds is 24. The Kier molecular flexibility index (Phi) is 20.0. The van der Waals surface area contributed by atoms with Crippen molar-refractivity contribution in [2.75, 3.05) is 39.6 Å². The van der Waals surface area contributed by atoms with Gasteiger partial charge in [-0.2, -0.15) is 0 Å². The molecule has 3 N–H and O–H groups in total. The number of ether oxygens (including phenoxy) is 9. The second-order valence-corrected chi connectivity index (χ2v) is 12.3. The predicted octanol–water partition coefficient (Wildman–Crippen LogP) is 0.788. The maximum atomic E-state index is 13.1. The molecule has 0 unspecified atom stereocenters. The van der Waals surface area contributed by atoms with Crippen LogP contribution in [0.15, 0.2) is 75.9 Å². The molecule has 0 spiro atoms. The van der Waals surface area contributed by atoms with E-state index in [9.17, 15) is 43.2 Å². The summed E-state index contributed by atoms with van der Waals surface area (Å²) < 4.78 is 45.2. The molecule has 0 aliphatic heterocycles. The summed E-state index contributed by atoms with van der Waals surface area (Å²) in [6.07, 6.45) is 0.686. The first kappa shape index (κ1) is 50.1. The highest BCUT2D eigenvalue weighted by Gasteiger charge is 2.35. The molecule has 0 aliphatic rings. The van der Waals surface area contributed by atoms with E-state index in [0.717, 1.165) is 36.5 Å². The molecule has 0 aromatic carbocycles. The van der Waals surface area contributed by atoms with Crippen LogP contribution in [-0.2, 0) is 57.2 Å². The van der Waals surface area contributed by atoms with Gasteiger partial charge in [0.25, 0.3) is 0 Å². The monoisotopic (exact) mass is 846 g/mol. The lowest BCUT2D eigenvalue weighted by Crippen LogP contribution is -2.54. The highest BCUT2D eigenvalue weighted by molar-refractivity contribution is 5.83. The van der Waals surface area contributed by atoms with E-state index in [2.05, 4.69) is 70.4 Å². The Morgan fingerprint density at radius 2 is 0.567 bits per heavy atom. The third-order valence-electron chi connectivity index (χ3n) is 6.54. The fourth-order valence-electron chi connectivity index (χ4n) is 3.60. The van der Waals surface area contributed by atoms with Gasteiger partial charge in [-0.15, -0.1) is 15.0 Å². The number of nitrogens with one attached hydrogen (secondary N) is 3. The SMILES string of the molecule is C=CC(=O)OCC(C)(COC(=O)C=C)NC(=O)Oc1nc(OC(=O)NC(C)(COC(=O)C=C)COC(=O)C=C)nc(OC(=O)NC(C)(COC(=O)C=C)COC(=O)C=C)n1. The Bertz CT molecular complexity index is 1580. The fraction of sp³-hybridized carbons (Fsp3) is 0.333.